The Bertz CT molecular complexity index is 752. The molecule has 2 fully saturated rings. The van der Waals surface area contributed by atoms with Crippen LogP contribution in [0.3, 0.4) is 0 Å². The summed E-state index contributed by atoms with van der Waals surface area (Å²) in [5, 5.41) is 0. The summed E-state index contributed by atoms with van der Waals surface area (Å²) in [4.78, 5) is 36.1. The molecule has 7 heteroatoms. The van der Waals surface area contributed by atoms with E-state index in [1.54, 1.807) is 31.2 Å². The first kappa shape index (κ1) is 18.9. The molecule has 1 aromatic carbocycles. The van der Waals surface area contributed by atoms with Crippen molar-refractivity contribution >= 4 is 17.9 Å². The van der Waals surface area contributed by atoms with Crippen molar-refractivity contribution in [1.82, 2.24) is 0 Å². The number of carbonyl (C=O) groups is 3. The Hall–Kier alpha value is -2.83. The summed E-state index contributed by atoms with van der Waals surface area (Å²) in [5.74, 6) is -2.42. The van der Waals surface area contributed by atoms with Crippen LogP contribution in [0, 0.1) is 0 Å². The van der Waals surface area contributed by atoms with Gasteiger partial charge in [-0.2, -0.15) is 0 Å². The number of esters is 3. The lowest BCUT2D eigenvalue weighted by molar-refractivity contribution is -0.232. The van der Waals surface area contributed by atoms with Crippen LogP contribution in [-0.4, -0.2) is 36.9 Å². The average Bonchev–Trinajstić information content (AvgIpc) is 3.08. The van der Waals surface area contributed by atoms with E-state index in [-0.39, 0.29) is 12.0 Å². The maximum atomic E-state index is 12.3. The van der Waals surface area contributed by atoms with Gasteiger partial charge >= 0.3 is 17.9 Å². The smallest absolute Gasteiger partial charge is 0.348 e. The van der Waals surface area contributed by atoms with Gasteiger partial charge in [0.25, 0.3) is 5.79 Å². The lowest BCUT2D eigenvalue weighted by atomic mass is 10.1. The molecule has 1 unspecified atom stereocenters. The van der Waals surface area contributed by atoms with Crippen LogP contribution < -0.4 is 4.74 Å². The Morgan fingerprint density at radius 2 is 1.81 bits per heavy atom. The predicted molar refractivity (Wildman–Crippen MR) is 93.7 cm³/mol. The number of benzene rings is 1. The lowest BCUT2D eigenvalue weighted by Crippen LogP contribution is -2.44. The van der Waals surface area contributed by atoms with E-state index in [4.69, 9.17) is 14.2 Å². The van der Waals surface area contributed by atoms with Crippen molar-refractivity contribution in [2.24, 2.45) is 0 Å². The number of hydrogen-bond acceptors (Lipinski definition) is 7. The highest BCUT2D eigenvalue weighted by atomic mass is 16.7. The molecule has 0 bridgehead atoms. The maximum Gasteiger partial charge on any atom is 0.348 e. The summed E-state index contributed by atoms with van der Waals surface area (Å²) in [7, 11) is 1.29. The number of allylic oxidation sites excluding steroid dienone is 1. The fraction of sp³-hybridized carbons (Fsp3) is 0.450. The van der Waals surface area contributed by atoms with E-state index in [1.165, 1.54) is 13.2 Å². The summed E-state index contributed by atoms with van der Waals surface area (Å²) >= 11 is 0. The van der Waals surface area contributed by atoms with Crippen molar-refractivity contribution in [3.8, 4) is 5.75 Å². The molecular formula is C20H22O7. The first-order chi connectivity index (χ1) is 12.9. The zero-order valence-corrected chi connectivity index (χ0v) is 15.4. The quantitative estimate of drug-likeness (QED) is 0.444. The van der Waals surface area contributed by atoms with Crippen LogP contribution in [0.1, 0.15) is 38.2 Å². The fourth-order valence-electron chi connectivity index (χ4n) is 3.24. The van der Waals surface area contributed by atoms with Gasteiger partial charge < -0.3 is 18.9 Å². The Labute approximate surface area is 157 Å². The molecule has 144 valence electrons. The molecule has 1 saturated carbocycles. The number of rotatable bonds is 5. The van der Waals surface area contributed by atoms with Crippen LogP contribution in [0.5, 0.6) is 5.75 Å². The molecule has 7 nitrogen and oxygen atoms in total. The topological polar surface area (TPSA) is 88.1 Å². The van der Waals surface area contributed by atoms with Crippen LogP contribution in [0.2, 0.25) is 0 Å². The van der Waals surface area contributed by atoms with E-state index < -0.39 is 29.8 Å². The van der Waals surface area contributed by atoms with Gasteiger partial charge in [0.2, 0.25) is 0 Å². The van der Waals surface area contributed by atoms with E-state index in [0.29, 0.717) is 24.2 Å². The number of ether oxygens (including phenoxy) is 4. The molecule has 0 N–H and O–H groups in total. The van der Waals surface area contributed by atoms with Crippen molar-refractivity contribution in [3.63, 3.8) is 0 Å². The molecule has 1 spiro atoms. The highest BCUT2D eigenvalue weighted by Crippen LogP contribution is 2.38. The third-order valence-corrected chi connectivity index (χ3v) is 4.70. The second kappa shape index (κ2) is 7.82. The van der Waals surface area contributed by atoms with E-state index in [2.05, 4.69) is 4.74 Å². The molecule has 3 rings (SSSR count). The molecule has 1 aliphatic carbocycles. The van der Waals surface area contributed by atoms with Gasteiger partial charge in [-0.05, 0) is 37.8 Å². The van der Waals surface area contributed by atoms with Gasteiger partial charge in [-0.3, -0.25) is 0 Å². The summed E-state index contributed by atoms with van der Waals surface area (Å²) in [6.45, 7) is 1.58. The first-order valence-corrected chi connectivity index (χ1v) is 8.93. The third-order valence-electron chi connectivity index (χ3n) is 4.70. The van der Waals surface area contributed by atoms with Gasteiger partial charge in [-0.1, -0.05) is 24.3 Å². The third kappa shape index (κ3) is 4.13. The Balaban J connectivity index is 1.73. The zero-order chi connectivity index (χ0) is 19.4. The summed E-state index contributed by atoms with van der Waals surface area (Å²) < 4.78 is 21.1. The molecule has 1 heterocycles. The Kier molecular flexibility index (Phi) is 5.48. The molecule has 27 heavy (non-hydrogen) atoms. The second-order valence-electron chi connectivity index (χ2n) is 6.61. The molecule has 0 radical (unpaired) electrons. The number of hydrogen-bond donors (Lipinski definition) is 0. The van der Waals surface area contributed by atoms with Crippen molar-refractivity contribution in [2.75, 3.05) is 7.11 Å². The van der Waals surface area contributed by atoms with Crippen LogP contribution in [0.15, 0.2) is 35.9 Å². The van der Waals surface area contributed by atoms with E-state index in [0.717, 1.165) is 12.8 Å². The van der Waals surface area contributed by atoms with Crippen molar-refractivity contribution < 1.29 is 33.3 Å². The minimum Gasteiger partial charge on any atom is -0.479 e. The first-order valence-electron chi connectivity index (χ1n) is 8.93. The highest BCUT2D eigenvalue weighted by molar-refractivity contribution is 6.15. The predicted octanol–water partition coefficient (Wildman–Crippen LogP) is 2.47. The van der Waals surface area contributed by atoms with E-state index in [9.17, 15) is 14.4 Å². The van der Waals surface area contributed by atoms with Crippen LogP contribution in [-0.2, 0) is 35.0 Å². The lowest BCUT2D eigenvalue weighted by Gasteiger charge is -2.32. The summed E-state index contributed by atoms with van der Waals surface area (Å²) in [5.41, 5.74) is 0.589. The highest BCUT2D eigenvalue weighted by Gasteiger charge is 2.47. The normalized spacial score (nSPS) is 19.3. The molecular weight excluding hydrogens is 352 g/mol. The molecule has 2 aliphatic rings. The molecule has 1 atom stereocenters. The maximum absolute atomic E-state index is 12.3. The number of carbonyl (C=O) groups excluding carboxylic acids is 3. The molecule has 1 aliphatic heterocycles. The molecule has 0 aromatic heterocycles. The Morgan fingerprint density at radius 1 is 1.19 bits per heavy atom. The SMILES string of the molecule is COC(=O)C(C)Oc1ccccc1CC=C1C(=O)OC2(CCCC2)OC1=O. The molecule has 1 saturated heterocycles. The standard InChI is InChI=1S/C20H22O7/c1-13(17(21)24-2)25-16-8-4-3-7-14(16)9-10-15-18(22)26-20(27-19(15)23)11-5-6-12-20/h3-4,7-8,10,13H,5-6,9,11-12H2,1-2H3. The van der Waals surface area contributed by atoms with Crippen LogP contribution in [0.4, 0.5) is 0 Å². The van der Waals surface area contributed by atoms with Crippen molar-refractivity contribution in [3.05, 3.63) is 41.5 Å². The molecule has 1 aromatic rings. The van der Waals surface area contributed by atoms with Crippen molar-refractivity contribution in [1.29, 1.82) is 0 Å². The van der Waals surface area contributed by atoms with Gasteiger partial charge in [-0.25, -0.2) is 14.4 Å². The van der Waals surface area contributed by atoms with E-state index in [1.807, 2.05) is 0 Å². The monoisotopic (exact) mass is 374 g/mol. The van der Waals surface area contributed by atoms with Gasteiger partial charge in [-0.15, -0.1) is 0 Å². The van der Waals surface area contributed by atoms with Crippen molar-refractivity contribution in [2.45, 2.75) is 50.9 Å². The van der Waals surface area contributed by atoms with E-state index >= 15 is 0 Å². The zero-order valence-electron chi connectivity index (χ0n) is 15.4. The summed E-state index contributed by atoms with van der Waals surface area (Å²) in [6.07, 6.45) is 3.75. The van der Waals surface area contributed by atoms with Gasteiger partial charge in [0, 0.05) is 12.8 Å². The molecule has 0 amide bonds. The largest absolute Gasteiger partial charge is 0.479 e. The number of methoxy groups -OCH3 is 1. The minimum atomic E-state index is -1.08. The van der Waals surface area contributed by atoms with Gasteiger partial charge in [0.05, 0.1) is 7.11 Å². The average molecular weight is 374 g/mol. The summed E-state index contributed by atoms with van der Waals surface area (Å²) in [6, 6.07) is 7.06. The number of para-hydroxylation sites is 1. The van der Waals surface area contributed by atoms with Crippen LogP contribution >= 0.6 is 0 Å². The Morgan fingerprint density at radius 3 is 2.44 bits per heavy atom. The fourth-order valence-corrected chi connectivity index (χ4v) is 3.24. The second-order valence-corrected chi connectivity index (χ2v) is 6.61. The van der Waals surface area contributed by atoms with Crippen LogP contribution in [0.25, 0.3) is 0 Å². The van der Waals surface area contributed by atoms with Gasteiger partial charge in [0.15, 0.2) is 6.10 Å². The minimum absolute atomic E-state index is 0.122. The van der Waals surface area contributed by atoms with Gasteiger partial charge in [0.1, 0.15) is 11.3 Å².